The Labute approximate surface area is 126 Å². The lowest BCUT2D eigenvalue weighted by atomic mass is 9.93. The third kappa shape index (κ3) is 3.02. The van der Waals surface area contributed by atoms with Gasteiger partial charge in [-0.3, -0.25) is 0 Å². The van der Waals surface area contributed by atoms with Crippen LogP contribution < -0.4 is 10.6 Å². The fraction of sp³-hybridized carbons (Fsp3) is 0.625. The lowest BCUT2D eigenvalue weighted by Gasteiger charge is -2.29. The lowest BCUT2D eigenvalue weighted by molar-refractivity contribution is 0.346. The van der Waals surface area contributed by atoms with Crippen LogP contribution in [0.25, 0.3) is 5.52 Å². The number of fused-ring (bicyclic) bond motifs is 1. The van der Waals surface area contributed by atoms with E-state index in [1.807, 2.05) is 16.9 Å². The molecular weight excluding hydrogens is 262 g/mol. The van der Waals surface area contributed by atoms with Crippen LogP contribution in [0.15, 0.2) is 18.5 Å². The van der Waals surface area contributed by atoms with Gasteiger partial charge in [0.05, 0.1) is 5.69 Å². The summed E-state index contributed by atoms with van der Waals surface area (Å²) in [6.07, 6.45) is 6.27. The molecule has 0 aliphatic carbocycles. The van der Waals surface area contributed by atoms with Crippen molar-refractivity contribution in [2.75, 3.05) is 18.4 Å². The molecule has 0 radical (unpaired) electrons. The minimum absolute atomic E-state index is 0.411. The molecule has 0 saturated carbocycles. The quantitative estimate of drug-likeness (QED) is 0.907. The molecule has 1 aliphatic rings. The fourth-order valence-corrected chi connectivity index (χ4v) is 2.97. The first-order valence-corrected chi connectivity index (χ1v) is 7.96. The van der Waals surface area contributed by atoms with Gasteiger partial charge in [-0.1, -0.05) is 13.8 Å². The van der Waals surface area contributed by atoms with Gasteiger partial charge in [0.25, 0.3) is 0 Å². The van der Waals surface area contributed by atoms with Crippen LogP contribution in [-0.4, -0.2) is 33.7 Å². The highest BCUT2D eigenvalue weighted by molar-refractivity contribution is 5.68. The molecule has 2 N–H and O–H groups in total. The van der Waals surface area contributed by atoms with E-state index in [0.717, 1.165) is 30.1 Å². The predicted molar refractivity (Wildman–Crippen MR) is 85.8 cm³/mol. The van der Waals surface area contributed by atoms with Gasteiger partial charge in [0, 0.05) is 18.4 Å². The van der Waals surface area contributed by atoms with Gasteiger partial charge in [-0.2, -0.15) is 5.10 Å². The standard InChI is InChI=1S/C16H25N5/c1-11(2)14-9-15-16(18-7-8-21(15)20-14)19-12(3)13-5-4-6-17-10-13/h7-9,11-13,17H,4-6,10H2,1-3H3,(H,18,19). The van der Waals surface area contributed by atoms with E-state index in [-0.39, 0.29) is 0 Å². The first-order chi connectivity index (χ1) is 10.1. The summed E-state index contributed by atoms with van der Waals surface area (Å²) in [7, 11) is 0. The maximum absolute atomic E-state index is 4.62. The second kappa shape index (κ2) is 6.02. The van der Waals surface area contributed by atoms with Crippen molar-refractivity contribution in [1.82, 2.24) is 19.9 Å². The van der Waals surface area contributed by atoms with Gasteiger partial charge in [0.1, 0.15) is 5.52 Å². The summed E-state index contributed by atoms with van der Waals surface area (Å²) in [6, 6.07) is 2.56. The van der Waals surface area contributed by atoms with Crippen molar-refractivity contribution < 1.29 is 0 Å². The molecule has 0 bridgehead atoms. The van der Waals surface area contributed by atoms with E-state index in [4.69, 9.17) is 0 Å². The van der Waals surface area contributed by atoms with Crippen LogP contribution in [0.4, 0.5) is 5.82 Å². The van der Waals surface area contributed by atoms with Crippen molar-refractivity contribution in [1.29, 1.82) is 0 Å². The number of nitrogens with one attached hydrogen (secondary N) is 2. The molecule has 0 amide bonds. The number of rotatable bonds is 4. The Balaban J connectivity index is 1.82. The Morgan fingerprint density at radius 3 is 2.95 bits per heavy atom. The molecule has 2 aromatic rings. The van der Waals surface area contributed by atoms with Gasteiger partial charge in [-0.05, 0) is 50.8 Å². The second-order valence-corrected chi connectivity index (χ2v) is 6.37. The van der Waals surface area contributed by atoms with Crippen LogP contribution in [0, 0.1) is 5.92 Å². The zero-order valence-electron chi connectivity index (χ0n) is 13.1. The van der Waals surface area contributed by atoms with Crippen LogP contribution in [0.3, 0.4) is 0 Å². The Morgan fingerprint density at radius 2 is 2.24 bits per heavy atom. The summed E-state index contributed by atoms with van der Waals surface area (Å²) in [5, 5.41) is 11.7. The predicted octanol–water partition coefficient (Wildman–Crippen LogP) is 2.65. The number of hydrogen-bond donors (Lipinski definition) is 2. The van der Waals surface area contributed by atoms with Crippen LogP contribution >= 0.6 is 0 Å². The average molecular weight is 287 g/mol. The van der Waals surface area contributed by atoms with Crippen molar-refractivity contribution in [3.8, 4) is 0 Å². The molecule has 1 saturated heterocycles. The molecule has 2 aromatic heterocycles. The summed E-state index contributed by atoms with van der Waals surface area (Å²) >= 11 is 0. The largest absolute Gasteiger partial charge is 0.366 e. The van der Waals surface area contributed by atoms with Gasteiger partial charge in [0.2, 0.25) is 0 Å². The molecule has 0 aromatic carbocycles. The van der Waals surface area contributed by atoms with Gasteiger partial charge in [0.15, 0.2) is 5.82 Å². The molecule has 3 rings (SSSR count). The minimum atomic E-state index is 0.411. The minimum Gasteiger partial charge on any atom is -0.366 e. The number of hydrogen-bond acceptors (Lipinski definition) is 4. The van der Waals surface area contributed by atoms with Gasteiger partial charge in [-0.15, -0.1) is 0 Å². The highest BCUT2D eigenvalue weighted by atomic mass is 15.2. The van der Waals surface area contributed by atoms with E-state index in [9.17, 15) is 0 Å². The summed E-state index contributed by atoms with van der Waals surface area (Å²) in [5.41, 5.74) is 2.18. The molecule has 3 heterocycles. The van der Waals surface area contributed by atoms with Gasteiger partial charge >= 0.3 is 0 Å². The molecule has 5 nitrogen and oxygen atoms in total. The van der Waals surface area contributed by atoms with Crippen LogP contribution in [0.1, 0.15) is 45.2 Å². The van der Waals surface area contributed by atoms with E-state index >= 15 is 0 Å². The van der Waals surface area contributed by atoms with Crippen molar-refractivity contribution in [3.05, 3.63) is 24.2 Å². The fourth-order valence-electron chi connectivity index (χ4n) is 2.97. The highest BCUT2D eigenvalue weighted by Gasteiger charge is 2.21. The number of aromatic nitrogens is 3. The monoisotopic (exact) mass is 287 g/mol. The average Bonchev–Trinajstić information content (AvgIpc) is 2.93. The summed E-state index contributed by atoms with van der Waals surface area (Å²) in [6.45, 7) is 8.82. The SMILES string of the molecule is CC(C)c1cc2c(NC(C)C3CCCNC3)nccn2n1. The van der Waals surface area contributed by atoms with E-state index < -0.39 is 0 Å². The molecule has 0 spiro atoms. The van der Waals surface area contributed by atoms with Crippen LogP contribution in [0.5, 0.6) is 0 Å². The van der Waals surface area contributed by atoms with E-state index in [2.05, 4.69) is 47.6 Å². The maximum atomic E-state index is 4.62. The van der Waals surface area contributed by atoms with Gasteiger partial charge in [-0.25, -0.2) is 9.50 Å². The Bertz CT molecular complexity index is 598. The zero-order valence-corrected chi connectivity index (χ0v) is 13.1. The lowest BCUT2D eigenvalue weighted by Crippen LogP contribution is -2.39. The van der Waals surface area contributed by atoms with Crippen molar-refractivity contribution in [2.45, 2.75) is 45.6 Å². The van der Waals surface area contributed by atoms with Crippen molar-refractivity contribution in [3.63, 3.8) is 0 Å². The smallest absolute Gasteiger partial charge is 0.152 e. The van der Waals surface area contributed by atoms with Gasteiger partial charge < -0.3 is 10.6 Å². The van der Waals surface area contributed by atoms with E-state index in [0.29, 0.717) is 17.9 Å². The molecule has 1 fully saturated rings. The second-order valence-electron chi connectivity index (χ2n) is 6.37. The number of nitrogens with zero attached hydrogens (tertiary/aromatic N) is 3. The highest BCUT2D eigenvalue weighted by Crippen LogP contribution is 2.23. The molecule has 2 atom stereocenters. The Kier molecular flexibility index (Phi) is 4.10. The topological polar surface area (TPSA) is 54.2 Å². The van der Waals surface area contributed by atoms with Crippen LogP contribution in [-0.2, 0) is 0 Å². The third-order valence-corrected chi connectivity index (χ3v) is 4.41. The van der Waals surface area contributed by atoms with Crippen molar-refractivity contribution in [2.24, 2.45) is 5.92 Å². The Hall–Kier alpha value is -1.62. The molecule has 21 heavy (non-hydrogen) atoms. The summed E-state index contributed by atoms with van der Waals surface area (Å²) < 4.78 is 1.93. The molecule has 5 heteroatoms. The molecule has 2 unspecified atom stereocenters. The van der Waals surface area contributed by atoms with E-state index in [1.54, 1.807) is 0 Å². The first-order valence-electron chi connectivity index (χ1n) is 7.96. The maximum Gasteiger partial charge on any atom is 0.152 e. The number of anilines is 1. The Morgan fingerprint density at radius 1 is 1.38 bits per heavy atom. The molecule has 1 aliphatic heterocycles. The normalized spacial score (nSPS) is 20.9. The summed E-state index contributed by atoms with van der Waals surface area (Å²) in [4.78, 5) is 4.52. The number of piperidine rings is 1. The zero-order chi connectivity index (χ0) is 14.8. The van der Waals surface area contributed by atoms with Crippen LogP contribution in [0.2, 0.25) is 0 Å². The van der Waals surface area contributed by atoms with Crippen molar-refractivity contribution >= 4 is 11.3 Å². The molecular formula is C16H25N5. The first kappa shape index (κ1) is 14.3. The molecule has 114 valence electrons. The third-order valence-electron chi connectivity index (χ3n) is 4.41. The van der Waals surface area contributed by atoms with E-state index in [1.165, 1.54) is 12.8 Å². The summed E-state index contributed by atoms with van der Waals surface area (Å²) in [5.74, 6) is 2.03.